The first-order chi connectivity index (χ1) is 27.3. The van der Waals surface area contributed by atoms with Crippen LogP contribution in [-0.4, -0.2) is 167 Å². The fraction of sp³-hybridized carbons (Fsp3) is 0.500. The molecule has 0 aliphatic rings. The summed E-state index contributed by atoms with van der Waals surface area (Å²) in [5, 5.41) is 40.1. The number of aliphatic imine (C=N–C) groups is 1. The molecule has 56 heavy (non-hydrogen) atoms. The second-order valence-corrected chi connectivity index (χ2v) is 13.4. The van der Waals surface area contributed by atoms with Crippen LogP contribution in [0.5, 0.6) is 5.75 Å². The van der Waals surface area contributed by atoms with Gasteiger partial charge in [-0.25, -0.2) is 19.6 Å². The average Bonchev–Trinajstić information content (AvgIpc) is 3.19. The fourth-order valence-electron chi connectivity index (χ4n) is 5.10. The Balaban J connectivity index is 1.41. The van der Waals surface area contributed by atoms with Crippen LogP contribution in [0.15, 0.2) is 65.7 Å². The number of carbonyl (C=O) groups is 2. The van der Waals surface area contributed by atoms with Crippen LogP contribution in [0.1, 0.15) is 32.4 Å². The molecule has 1 aromatic carbocycles. The molecule has 2 heterocycles. The topological polar surface area (TPSA) is 206 Å². The predicted octanol–water partition coefficient (Wildman–Crippen LogP) is 3.14. The summed E-state index contributed by atoms with van der Waals surface area (Å²) in [5.41, 5.74) is 1.78. The van der Waals surface area contributed by atoms with E-state index in [2.05, 4.69) is 32.3 Å². The lowest BCUT2D eigenvalue weighted by Crippen LogP contribution is -2.34. The molecule has 3 rings (SSSR count). The van der Waals surface area contributed by atoms with Crippen molar-refractivity contribution in [3.63, 3.8) is 0 Å². The minimum absolute atomic E-state index is 0.0411. The van der Waals surface area contributed by atoms with Gasteiger partial charge in [-0.15, -0.1) is 0 Å². The third-order valence-electron chi connectivity index (χ3n) is 7.83. The lowest BCUT2D eigenvalue weighted by atomic mass is 10.3. The highest BCUT2D eigenvalue weighted by Crippen LogP contribution is 2.17. The summed E-state index contributed by atoms with van der Waals surface area (Å²) in [6.07, 6.45) is -0.267. The van der Waals surface area contributed by atoms with Crippen molar-refractivity contribution in [3.8, 4) is 5.75 Å². The maximum atomic E-state index is 11.4. The first kappa shape index (κ1) is 46.5. The molecule has 0 fully saturated rings. The maximum absolute atomic E-state index is 11.4. The second kappa shape index (κ2) is 28.5. The van der Waals surface area contributed by atoms with E-state index in [-0.39, 0.29) is 30.7 Å². The van der Waals surface area contributed by atoms with Gasteiger partial charge in [0, 0.05) is 50.8 Å². The highest BCUT2D eigenvalue weighted by molar-refractivity contribution is 7.99. The molecule has 3 aromatic rings. The smallest absolute Gasteiger partial charge is 0.354 e. The van der Waals surface area contributed by atoms with E-state index in [4.69, 9.17) is 23.7 Å². The predicted molar refractivity (Wildman–Crippen MR) is 213 cm³/mol. The molecule has 0 aliphatic carbocycles. The van der Waals surface area contributed by atoms with E-state index in [0.29, 0.717) is 121 Å². The number of aromatic nitrogens is 2. The zero-order valence-corrected chi connectivity index (χ0v) is 32.9. The lowest BCUT2D eigenvalue weighted by molar-refractivity contribution is -0.0176. The number of rotatable bonds is 32. The third-order valence-corrected chi connectivity index (χ3v) is 8.98. The molecule has 0 spiro atoms. The number of hydrogen-bond donors (Lipinski definition) is 4. The van der Waals surface area contributed by atoms with Crippen LogP contribution in [-0.2, 0) is 32.0 Å². The molecule has 18 heteroatoms. The van der Waals surface area contributed by atoms with Crippen molar-refractivity contribution < 1.29 is 53.7 Å². The molecular weight excluding hydrogens is 767 g/mol. The zero-order valence-electron chi connectivity index (χ0n) is 31.3. The molecule has 306 valence electrons. The number of ether oxygens (including phenoxy) is 5. The molecule has 1 unspecified atom stereocenters. The van der Waals surface area contributed by atoms with E-state index in [1.807, 2.05) is 21.9 Å². The van der Waals surface area contributed by atoms with E-state index < -0.39 is 11.9 Å². The number of pyridine rings is 2. The molecule has 0 saturated heterocycles. The summed E-state index contributed by atoms with van der Waals surface area (Å²) in [4.78, 5) is 38.9. The summed E-state index contributed by atoms with van der Waals surface area (Å²) in [6.45, 7) is 5.41. The number of isothiocyanates is 1. The highest BCUT2D eigenvalue weighted by Gasteiger charge is 2.15. The van der Waals surface area contributed by atoms with E-state index in [1.165, 1.54) is 12.1 Å². The Labute approximate surface area is 336 Å². The third kappa shape index (κ3) is 19.8. The molecule has 1 atom stereocenters. The van der Waals surface area contributed by atoms with Gasteiger partial charge in [0.2, 0.25) is 0 Å². The molecular formula is C38H51N5O11S2. The summed E-state index contributed by atoms with van der Waals surface area (Å²) < 4.78 is 29.3. The number of benzene rings is 1. The van der Waals surface area contributed by atoms with Crippen molar-refractivity contribution in [1.29, 1.82) is 0 Å². The molecule has 0 aliphatic heterocycles. The number of aromatic carboxylic acids is 2. The van der Waals surface area contributed by atoms with Crippen LogP contribution in [0.4, 0.5) is 5.69 Å². The van der Waals surface area contributed by atoms with Gasteiger partial charge < -0.3 is 44.1 Å². The summed E-state index contributed by atoms with van der Waals surface area (Å²) >= 11 is 6.27. The summed E-state index contributed by atoms with van der Waals surface area (Å²) in [7, 11) is 0. The molecule has 4 N–H and O–H groups in total. The zero-order chi connectivity index (χ0) is 40.2. The van der Waals surface area contributed by atoms with E-state index >= 15 is 0 Å². The average molecular weight is 818 g/mol. The van der Waals surface area contributed by atoms with Crippen LogP contribution in [0.3, 0.4) is 0 Å². The molecule has 2 aromatic heterocycles. The standard InChI is InChI=1S/C38H51N5O11S2/c44-15-11-42(25-31-3-1-5-35(40-31)37(46)47)13-17-52-27-34(53-18-14-43(12-16-45)26-32-4-2-6-36(41-32)38(48)49)28-56-24-23-51-20-19-50-21-22-54-33-9-7-30(8-10-33)39-29-55/h1-10,34,44-45H,11-28H2,(H,46,47)(H,48,49). The normalized spacial score (nSPS) is 11.8. The van der Waals surface area contributed by atoms with Crippen molar-refractivity contribution >= 4 is 46.8 Å². The van der Waals surface area contributed by atoms with Crippen molar-refractivity contribution in [2.24, 2.45) is 4.99 Å². The first-order valence-electron chi connectivity index (χ1n) is 18.1. The van der Waals surface area contributed by atoms with Crippen LogP contribution in [0.25, 0.3) is 0 Å². The summed E-state index contributed by atoms with van der Waals surface area (Å²) in [6, 6.07) is 16.8. The number of carboxylic acid groups (broad SMARTS) is 2. The fourth-order valence-corrected chi connectivity index (χ4v) is 6.06. The van der Waals surface area contributed by atoms with Gasteiger partial charge in [-0.1, -0.05) is 12.1 Å². The number of thiocarbonyl (C=S) groups is 1. The second-order valence-electron chi connectivity index (χ2n) is 12.1. The number of aliphatic hydroxyl groups is 2. The van der Waals surface area contributed by atoms with Crippen molar-refractivity contribution in [1.82, 2.24) is 19.8 Å². The Kier molecular flexibility index (Phi) is 23.6. The van der Waals surface area contributed by atoms with Gasteiger partial charge in [0.25, 0.3) is 0 Å². The molecule has 0 saturated carbocycles. The largest absolute Gasteiger partial charge is 0.491 e. The highest BCUT2D eigenvalue weighted by atomic mass is 32.2. The Morgan fingerprint density at radius 2 is 1.30 bits per heavy atom. The Hall–Kier alpha value is -3.91. The molecule has 16 nitrogen and oxygen atoms in total. The van der Waals surface area contributed by atoms with Gasteiger partial charge >= 0.3 is 11.9 Å². The number of thioether (sulfide) groups is 1. The quantitative estimate of drug-likeness (QED) is 0.0406. The van der Waals surface area contributed by atoms with Gasteiger partial charge in [-0.3, -0.25) is 9.80 Å². The summed E-state index contributed by atoms with van der Waals surface area (Å²) in [5.74, 6) is -0.146. The minimum atomic E-state index is -1.11. The van der Waals surface area contributed by atoms with Gasteiger partial charge in [0.1, 0.15) is 23.7 Å². The van der Waals surface area contributed by atoms with Crippen LogP contribution < -0.4 is 4.74 Å². The Morgan fingerprint density at radius 1 is 0.732 bits per heavy atom. The number of hydrogen-bond acceptors (Lipinski definition) is 16. The van der Waals surface area contributed by atoms with Crippen molar-refractivity contribution in [2.45, 2.75) is 19.2 Å². The molecule has 0 amide bonds. The molecule has 0 bridgehead atoms. The van der Waals surface area contributed by atoms with Gasteiger partial charge in [0.15, 0.2) is 0 Å². The van der Waals surface area contributed by atoms with E-state index in [9.17, 15) is 30.0 Å². The van der Waals surface area contributed by atoms with Crippen LogP contribution in [0.2, 0.25) is 0 Å². The van der Waals surface area contributed by atoms with E-state index in [0.717, 1.165) is 5.75 Å². The van der Waals surface area contributed by atoms with E-state index in [1.54, 1.807) is 48.2 Å². The van der Waals surface area contributed by atoms with Gasteiger partial charge in [0.05, 0.1) is 87.8 Å². The monoisotopic (exact) mass is 817 g/mol. The van der Waals surface area contributed by atoms with Gasteiger partial charge in [-0.05, 0) is 60.7 Å². The minimum Gasteiger partial charge on any atom is -0.491 e. The number of carboxylic acids is 2. The first-order valence-corrected chi connectivity index (χ1v) is 19.7. The number of nitrogens with zero attached hydrogens (tertiary/aromatic N) is 5. The Bertz CT molecular complexity index is 1620. The van der Waals surface area contributed by atoms with Crippen LogP contribution in [0, 0.1) is 0 Å². The van der Waals surface area contributed by atoms with Gasteiger partial charge in [-0.2, -0.15) is 16.8 Å². The van der Waals surface area contributed by atoms with Crippen molar-refractivity contribution in [3.05, 3.63) is 83.4 Å². The van der Waals surface area contributed by atoms with Crippen LogP contribution >= 0.6 is 24.0 Å². The number of aliphatic hydroxyl groups excluding tert-OH is 2. The lowest BCUT2D eigenvalue weighted by Gasteiger charge is -2.24. The molecule has 0 radical (unpaired) electrons. The maximum Gasteiger partial charge on any atom is 0.354 e. The van der Waals surface area contributed by atoms with Crippen molar-refractivity contribution in [2.75, 3.05) is 104 Å². The SMILES string of the molecule is O=C(O)c1cccc(CN(CCO)CCOCC(CSCCOCCOCCOc2ccc(N=C=S)cc2)OCCN(CCO)Cc2cccc(C(=O)O)n2)n1. The Morgan fingerprint density at radius 3 is 1.88 bits per heavy atom.